The molecule has 7 heteroatoms. The molecule has 5 rings (SSSR count). The van der Waals surface area contributed by atoms with E-state index in [1.807, 2.05) is 55.5 Å². The summed E-state index contributed by atoms with van der Waals surface area (Å²) in [5.74, 6) is 1.29. The van der Waals surface area contributed by atoms with E-state index in [9.17, 15) is 4.79 Å². The lowest BCUT2D eigenvalue weighted by atomic mass is 10.1. The molecule has 5 nitrogen and oxygen atoms in total. The van der Waals surface area contributed by atoms with Crippen LogP contribution < -0.4 is 5.32 Å². The van der Waals surface area contributed by atoms with Gasteiger partial charge in [0.05, 0.1) is 10.7 Å². The van der Waals surface area contributed by atoms with E-state index in [2.05, 4.69) is 10.3 Å². The van der Waals surface area contributed by atoms with Crippen molar-refractivity contribution >= 4 is 52.0 Å². The van der Waals surface area contributed by atoms with Crippen LogP contribution in [0.15, 0.2) is 87.7 Å². The van der Waals surface area contributed by atoms with E-state index in [1.54, 1.807) is 30.3 Å². The van der Waals surface area contributed by atoms with Gasteiger partial charge in [0.1, 0.15) is 17.0 Å². The minimum Gasteiger partial charge on any atom is -0.457 e. The minimum absolute atomic E-state index is 0.354. The van der Waals surface area contributed by atoms with Crippen LogP contribution in [0.25, 0.3) is 40.0 Å². The quantitative estimate of drug-likeness (QED) is 0.254. The number of aryl methyl sites for hydroxylation is 1. The average molecular weight is 489 g/mol. The summed E-state index contributed by atoms with van der Waals surface area (Å²) < 4.78 is 11.6. The molecule has 0 atom stereocenters. The molecule has 0 aliphatic carbocycles. The number of oxazole rings is 1. The van der Waals surface area contributed by atoms with Gasteiger partial charge in [0, 0.05) is 22.2 Å². The van der Waals surface area contributed by atoms with Crippen LogP contribution in [0.4, 0.5) is 5.69 Å². The van der Waals surface area contributed by atoms with Gasteiger partial charge in [0.25, 0.3) is 0 Å². The van der Waals surface area contributed by atoms with Gasteiger partial charge in [-0.05, 0) is 67.1 Å². The first-order valence-electron chi connectivity index (χ1n) is 10.5. The number of benzene rings is 3. The first kappa shape index (κ1) is 22.0. The largest absolute Gasteiger partial charge is 0.457 e. The number of hydrogen-bond donors (Lipinski definition) is 1. The zero-order chi connectivity index (χ0) is 23.7. The maximum absolute atomic E-state index is 12.5. The molecule has 0 fully saturated rings. The molecule has 1 amide bonds. The molecule has 0 spiro atoms. The topological polar surface area (TPSA) is 68.3 Å². The SMILES string of the molecule is Cc1ccc(-c2ccc(/C=C/C(=O)Nc3cc(-c4nc5ccccc5o4)ccc3Cl)o2)cc1Cl. The van der Waals surface area contributed by atoms with Crippen molar-refractivity contribution in [3.8, 4) is 22.8 Å². The first-order valence-corrected chi connectivity index (χ1v) is 11.2. The Hall–Kier alpha value is -3.80. The summed E-state index contributed by atoms with van der Waals surface area (Å²) in [7, 11) is 0. The highest BCUT2D eigenvalue weighted by Crippen LogP contribution is 2.31. The van der Waals surface area contributed by atoms with E-state index < -0.39 is 0 Å². The summed E-state index contributed by atoms with van der Waals surface area (Å²) in [6.07, 6.45) is 2.97. The number of amides is 1. The lowest BCUT2D eigenvalue weighted by Crippen LogP contribution is -2.08. The van der Waals surface area contributed by atoms with Crippen LogP contribution in [-0.2, 0) is 4.79 Å². The molecule has 0 bridgehead atoms. The number of carbonyl (C=O) groups excluding carboxylic acids is 1. The molecule has 0 aliphatic rings. The van der Waals surface area contributed by atoms with Gasteiger partial charge in [-0.25, -0.2) is 4.98 Å². The molecule has 0 aliphatic heterocycles. The predicted octanol–water partition coefficient (Wildman–Crippen LogP) is 8.02. The number of anilines is 1. The summed E-state index contributed by atoms with van der Waals surface area (Å²) >= 11 is 12.5. The van der Waals surface area contributed by atoms with Crippen LogP contribution in [-0.4, -0.2) is 10.9 Å². The van der Waals surface area contributed by atoms with Crippen molar-refractivity contribution in [1.82, 2.24) is 4.98 Å². The van der Waals surface area contributed by atoms with Gasteiger partial charge in [0.15, 0.2) is 5.58 Å². The number of carbonyl (C=O) groups is 1. The summed E-state index contributed by atoms with van der Waals surface area (Å²) in [4.78, 5) is 17.0. The minimum atomic E-state index is -0.354. The van der Waals surface area contributed by atoms with Crippen LogP contribution in [0.2, 0.25) is 10.0 Å². The Morgan fingerprint density at radius 1 is 0.912 bits per heavy atom. The fraction of sp³-hybridized carbons (Fsp3) is 0.0370. The molecule has 34 heavy (non-hydrogen) atoms. The van der Waals surface area contributed by atoms with Crippen molar-refractivity contribution in [2.75, 3.05) is 5.32 Å². The van der Waals surface area contributed by atoms with E-state index in [0.29, 0.717) is 44.3 Å². The molecule has 5 aromatic rings. The van der Waals surface area contributed by atoms with Crippen molar-refractivity contribution in [2.24, 2.45) is 0 Å². The molecule has 1 N–H and O–H groups in total. The molecule has 2 heterocycles. The number of aromatic nitrogens is 1. The van der Waals surface area contributed by atoms with Gasteiger partial charge in [0.2, 0.25) is 11.8 Å². The number of rotatable bonds is 5. The second-order valence-electron chi connectivity index (χ2n) is 7.67. The molecule has 3 aromatic carbocycles. The molecular formula is C27H18Cl2N2O3. The summed E-state index contributed by atoms with van der Waals surface area (Å²) in [5, 5.41) is 3.86. The van der Waals surface area contributed by atoms with Crippen molar-refractivity contribution in [1.29, 1.82) is 0 Å². The second-order valence-corrected chi connectivity index (χ2v) is 8.48. The van der Waals surface area contributed by atoms with Crippen molar-refractivity contribution in [3.05, 3.63) is 100 Å². The Morgan fingerprint density at radius 3 is 2.56 bits per heavy atom. The van der Waals surface area contributed by atoms with Gasteiger partial charge in [-0.3, -0.25) is 4.79 Å². The average Bonchev–Trinajstić information content (AvgIpc) is 3.48. The van der Waals surface area contributed by atoms with Gasteiger partial charge >= 0.3 is 0 Å². The maximum atomic E-state index is 12.5. The number of nitrogens with zero attached hydrogens (tertiary/aromatic N) is 1. The molecule has 0 saturated heterocycles. The summed E-state index contributed by atoms with van der Waals surface area (Å²) in [6.45, 7) is 1.94. The van der Waals surface area contributed by atoms with Crippen molar-refractivity contribution in [2.45, 2.75) is 6.92 Å². The van der Waals surface area contributed by atoms with Gasteiger partial charge < -0.3 is 14.2 Å². The number of nitrogens with one attached hydrogen (secondary N) is 1. The van der Waals surface area contributed by atoms with Gasteiger partial charge in [-0.15, -0.1) is 0 Å². The summed E-state index contributed by atoms with van der Waals surface area (Å²) in [5.41, 5.74) is 4.45. The fourth-order valence-electron chi connectivity index (χ4n) is 3.43. The predicted molar refractivity (Wildman–Crippen MR) is 136 cm³/mol. The standard InChI is InChI=1S/C27H18Cl2N2O3/c1-16-6-7-17(14-21(16)29)24-12-9-19(33-24)10-13-26(32)30-23-15-18(8-11-20(23)28)27-31-22-4-2-3-5-25(22)34-27/h2-15H,1H3,(H,30,32)/b13-10+. The van der Waals surface area contributed by atoms with E-state index in [-0.39, 0.29) is 5.91 Å². The van der Waals surface area contributed by atoms with Crippen LogP contribution in [0.1, 0.15) is 11.3 Å². The molecule has 0 radical (unpaired) electrons. The van der Waals surface area contributed by atoms with Crippen molar-refractivity contribution < 1.29 is 13.6 Å². The van der Waals surface area contributed by atoms with Crippen LogP contribution in [0.3, 0.4) is 0 Å². The Labute approximate surface area is 205 Å². The van der Waals surface area contributed by atoms with E-state index >= 15 is 0 Å². The smallest absolute Gasteiger partial charge is 0.248 e. The molecule has 0 unspecified atom stereocenters. The number of para-hydroxylation sites is 2. The monoisotopic (exact) mass is 488 g/mol. The Balaban J connectivity index is 1.31. The maximum Gasteiger partial charge on any atom is 0.248 e. The molecule has 2 aromatic heterocycles. The van der Waals surface area contributed by atoms with Crippen molar-refractivity contribution in [3.63, 3.8) is 0 Å². The van der Waals surface area contributed by atoms with Gasteiger partial charge in [-0.2, -0.15) is 0 Å². The first-order chi connectivity index (χ1) is 16.5. The highest BCUT2D eigenvalue weighted by Gasteiger charge is 2.12. The second kappa shape index (κ2) is 9.21. The lowest BCUT2D eigenvalue weighted by molar-refractivity contribution is -0.111. The number of halogens is 2. The number of furan rings is 1. The Bertz CT molecular complexity index is 1520. The van der Waals surface area contributed by atoms with Crippen LogP contribution >= 0.6 is 23.2 Å². The molecular weight excluding hydrogens is 471 g/mol. The molecule has 168 valence electrons. The zero-order valence-electron chi connectivity index (χ0n) is 18.0. The zero-order valence-corrected chi connectivity index (χ0v) is 19.5. The number of hydrogen-bond acceptors (Lipinski definition) is 4. The Morgan fingerprint density at radius 2 is 1.74 bits per heavy atom. The third-order valence-electron chi connectivity index (χ3n) is 5.25. The highest BCUT2D eigenvalue weighted by atomic mass is 35.5. The number of fused-ring (bicyclic) bond motifs is 1. The normalized spacial score (nSPS) is 11.4. The van der Waals surface area contributed by atoms with Gasteiger partial charge in [-0.1, -0.05) is 47.5 Å². The fourth-order valence-corrected chi connectivity index (χ4v) is 3.77. The van der Waals surface area contributed by atoms with E-state index in [4.69, 9.17) is 32.0 Å². The highest BCUT2D eigenvalue weighted by molar-refractivity contribution is 6.34. The third-order valence-corrected chi connectivity index (χ3v) is 5.98. The lowest BCUT2D eigenvalue weighted by Gasteiger charge is -2.06. The molecule has 0 saturated carbocycles. The summed E-state index contributed by atoms with van der Waals surface area (Å²) in [6, 6.07) is 22.0. The third kappa shape index (κ3) is 4.62. The van der Waals surface area contributed by atoms with E-state index in [1.165, 1.54) is 6.08 Å². The Kier molecular flexibility index (Phi) is 5.97. The van der Waals surface area contributed by atoms with Crippen LogP contribution in [0.5, 0.6) is 0 Å². The van der Waals surface area contributed by atoms with E-state index in [0.717, 1.165) is 16.6 Å². The van der Waals surface area contributed by atoms with Crippen LogP contribution in [0, 0.1) is 6.92 Å².